The Morgan fingerprint density at radius 3 is 2.35 bits per heavy atom. The Labute approximate surface area is 122 Å². The molecule has 2 fully saturated rings. The Hall–Kier alpha value is -0.795. The lowest BCUT2D eigenvalue weighted by molar-refractivity contribution is 0.134. The molecule has 0 aromatic heterocycles. The Morgan fingerprint density at radius 1 is 1.15 bits per heavy atom. The Bertz CT molecular complexity index is 538. The highest BCUT2D eigenvalue weighted by atomic mass is 16.4. The summed E-state index contributed by atoms with van der Waals surface area (Å²) in [6, 6.07) is 6.11. The van der Waals surface area contributed by atoms with E-state index in [0.29, 0.717) is 22.2 Å². The number of hydrogen-bond acceptors (Lipinski definition) is 2. The van der Waals surface area contributed by atoms with Crippen LogP contribution in [0.15, 0.2) is 18.2 Å². The minimum atomic E-state index is -1.37. The largest absolute Gasteiger partial charge is 0.488 e. The van der Waals surface area contributed by atoms with Gasteiger partial charge in [-0.3, -0.25) is 0 Å². The standard InChI is InChI=1S/C17H25BO2/c1-11-7-12(9-14(8-11)18(19)20)15-10-13-5-6-17(15,4)16(13,2)3/h7-9,13,15,19-20H,5-6,10H2,1-4H3. The third-order valence-electron chi connectivity index (χ3n) is 6.62. The highest BCUT2D eigenvalue weighted by molar-refractivity contribution is 6.58. The van der Waals surface area contributed by atoms with Gasteiger partial charge >= 0.3 is 7.12 Å². The van der Waals surface area contributed by atoms with E-state index in [9.17, 15) is 10.0 Å². The molecule has 3 atom stereocenters. The van der Waals surface area contributed by atoms with Crippen LogP contribution in [0.3, 0.4) is 0 Å². The van der Waals surface area contributed by atoms with Gasteiger partial charge in [0.2, 0.25) is 0 Å². The second kappa shape index (κ2) is 4.35. The van der Waals surface area contributed by atoms with Crippen molar-refractivity contribution in [2.75, 3.05) is 0 Å². The maximum absolute atomic E-state index is 9.47. The lowest BCUT2D eigenvalue weighted by Crippen LogP contribution is -2.33. The molecule has 108 valence electrons. The molecule has 0 aliphatic heterocycles. The van der Waals surface area contributed by atoms with Gasteiger partial charge in [-0.25, -0.2) is 0 Å². The maximum Gasteiger partial charge on any atom is 0.488 e. The molecule has 2 N–H and O–H groups in total. The Balaban J connectivity index is 2.03. The van der Waals surface area contributed by atoms with Gasteiger partial charge < -0.3 is 10.0 Å². The molecule has 20 heavy (non-hydrogen) atoms. The first-order valence-electron chi connectivity index (χ1n) is 7.73. The first-order valence-corrected chi connectivity index (χ1v) is 7.73. The van der Waals surface area contributed by atoms with Crippen LogP contribution in [0.25, 0.3) is 0 Å². The van der Waals surface area contributed by atoms with Crippen LogP contribution in [0.4, 0.5) is 0 Å². The summed E-state index contributed by atoms with van der Waals surface area (Å²) in [5.41, 5.74) is 3.77. The van der Waals surface area contributed by atoms with Gasteiger partial charge in [-0.2, -0.15) is 0 Å². The minimum absolute atomic E-state index is 0.336. The normalized spacial score (nSPS) is 34.5. The molecule has 0 spiro atoms. The second-order valence-electron chi connectivity index (χ2n) is 7.71. The van der Waals surface area contributed by atoms with Crippen LogP contribution in [-0.2, 0) is 0 Å². The fourth-order valence-electron chi connectivity index (χ4n) is 4.90. The molecule has 2 saturated carbocycles. The average molecular weight is 272 g/mol. The van der Waals surface area contributed by atoms with Crippen LogP contribution in [0.2, 0.25) is 0 Å². The quantitative estimate of drug-likeness (QED) is 0.812. The van der Waals surface area contributed by atoms with Gasteiger partial charge in [0, 0.05) is 0 Å². The van der Waals surface area contributed by atoms with E-state index < -0.39 is 7.12 Å². The zero-order valence-electron chi connectivity index (χ0n) is 13.0. The lowest BCUT2D eigenvalue weighted by atomic mass is 9.64. The number of rotatable bonds is 2. The molecule has 0 saturated heterocycles. The van der Waals surface area contributed by atoms with Gasteiger partial charge in [-0.15, -0.1) is 0 Å². The fraction of sp³-hybridized carbons (Fsp3) is 0.647. The summed E-state index contributed by atoms with van der Waals surface area (Å²) < 4.78 is 0. The lowest BCUT2D eigenvalue weighted by Gasteiger charge is -2.39. The van der Waals surface area contributed by atoms with Crippen molar-refractivity contribution in [3.05, 3.63) is 29.3 Å². The molecular weight excluding hydrogens is 247 g/mol. The first kappa shape index (κ1) is 14.2. The summed E-state index contributed by atoms with van der Waals surface area (Å²) in [7, 11) is -1.37. The first-order chi connectivity index (χ1) is 9.25. The highest BCUT2D eigenvalue weighted by Crippen LogP contribution is 2.70. The van der Waals surface area contributed by atoms with E-state index in [0.717, 1.165) is 11.5 Å². The van der Waals surface area contributed by atoms with E-state index in [2.05, 4.69) is 26.8 Å². The highest BCUT2D eigenvalue weighted by Gasteiger charge is 2.61. The number of benzene rings is 1. The van der Waals surface area contributed by atoms with Crippen LogP contribution < -0.4 is 5.46 Å². The second-order valence-corrected chi connectivity index (χ2v) is 7.71. The van der Waals surface area contributed by atoms with Crippen LogP contribution in [-0.4, -0.2) is 17.2 Å². The van der Waals surface area contributed by atoms with Crippen molar-refractivity contribution >= 4 is 12.6 Å². The molecule has 3 heteroatoms. The predicted molar refractivity (Wildman–Crippen MR) is 83.0 cm³/mol. The number of fused-ring (bicyclic) bond motifs is 2. The third-order valence-corrected chi connectivity index (χ3v) is 6.62. The van der Waals surface area contributed by atoms with Gasteiger partial charge in [-0.1, -0.05) is 44.5 Å². The van der Waals surface area contributed by atoms with Crippen molar-refractivity contribution in [1.29, 1.82) is 0 Å². The van der Waals surface area contributed by atoms with Crippen molar-refractivity contribution in [3.8, 4) is 0 Å². The Morgan fingerprint density at radius 2 is 1.85 bits per heavy atom. The van der Waals surface area contributed by atoms with Crippen LogP contribution in [0.5, 0.6) is 0 Å². The average Bonchev–Trinajstić information content (AvgIpc) is 2.70. The molecule has 0 heterocycles. The molecule has 1 aromatic carbocycles. The van der Waals surface area contributed by atoms with Crippen LogP contribution in [0.1, 0.15) is 57.1 Å². The van der Waals surface area contributed by atoms with Gasteiger partial charge in [0.05, 0.1) is 0 Å². The number of aryl methyl sites for hydroxylation is 1. The van der Waals surface area contributed by atoms with E-state index in [1.54, 1.807) is 0 Å². The summed E-state index contributed by atoms with van der Waals surface area (Å²) in [5, 5.41) is 18.9. The van der Waals surface area contributed by atoms with Crippen molar-refractivity contribution in [2.45, 2.75) is 52.9 Å². The predicted octanol–water partition coefficient (Wildman–Crippen LogP) is 2.60. The molecule has 1 aromatic rings. The molecule has 0 amide bonds. The molecule has 2 bridgehead atoms. The maximum atomic E-state index is 9.47. The molecular formula is C17H25BO2. The third kappa shape index (κ3) is 1.79. The van der Waals surface area contributed by atoms with E-state index in [-0.39, 0.29) is 0 Å². The van der Waals surface area contributed by atoms with Crippen LogP contribution >= 0.6 is 0 Å². The number of hydrogen-bond donors (Lipinski definition) is 2. The Kier molecular flexibility index (Phi) is 3.08. The topological polar surface area (TPSA) is 40.5 Å². The van der Waals surface area contributed by atoms with Crippen molar-refractivity contribution < 1.29 is 10.0 Å². The monoisotopic (exact) mass is 272 g/mol. The molecule has 3 rings (SSSR count). The summed E-state index contributed by atoms with van der Waals surface area (Å²) in [6.45, 7) is 9.31. The summed E-state index contributed by atoms with van der Waals surface area (Å²) in [5.74, 6) is 1.36. The zero-order chi connectivity index (χ0) is 14.7. The van der Waals surface area contributed by atoms with Crippen molar-refractivity contribution in [2.24, 2.45) is 16.7 Å². The minimum Gasteiger partial charge on any atom is -0.423 e. The van der Waals surface area contributed by atoms with E-state index in [1.807, 2.05) is 19.1 Å². The van der Waals surface area contributed by atoms with E-state index in [4.69, 9.17) is 0 Å². The summed E-state index contributed by atoms with van der Waals surface area (Å²) in [4.78, 5) is 0. The van der Waals surface area contributed by atoms with Gasteiger partial charge in [0.1, 0.15) is 0 Å². The van der Waals surface area contributed by atoms with Crippen molar-refractivity contribution in [3.63, 3.8) is 0 Å². The van der Waals surface area contributed by atoms with Gasteiger partial charge in [0.15, 0.2) is 0 Å². The zero-order valence-corrected chi connectivity index (χ0v) is 13.0. The summed E-state index contributed by atoms with van der Waals surface area (Å²) >= 11 is 0. The van der Waals surface area contributed by atoms with Crippen molar-refractivity contribution in [1.82, 2.24) is 0 Å². The molecule has 2 nitrogen and oxygen atoms in total. The van der Waals surface area contributed by atoms with Crippen LogP contribution in [0, 0.1) is 23.7 Å². The summed E-state index contributed by atoms with van der Waals surface area (Å²) in [6.07, 6.45) is 3.88. The smallest absolute Gasteiger partial charge is 0.423 e. The van der Waals surface area contributed by atoms with Gasteiger partial charge in [0.25, 0.3) is 0 Å². The fourth-order valence-corrected chi connectivity index (χ4v) is 4.90. The van der Waals surface area contributed by atoms with E-state index >= 15 is 0 Å². The SMILES string of the molecule is Cc1cc(B(O)O)cc(C2CC3CCC2(C)C3(C)C)c1. The molecule has 0 radical (unpaired) electrons. The molecule has 2 aliphatic carbocycles. The van der Waals surface area contributed by atoms with E-state index in [1.165, 1.54) is 24.8 Å². The van der Waals surface area contributed by atoms with Gasteiger partial charge in [-0.05, 0) is 59.9 Å². The molecule has 2 aliphatic rings. The molecule has 3 unspecified atom stereocenters.